The standard InChI is InChI=1S/C32H36BFN6O3/c1-4-28-24(29(38-23-8-10-43-11-9-23)25-18-37-40(5-2)30(25)39-28)17-36-32(42)22-13-19(3)12-21(15-22)31(41)35-16-20-6-7-27(34)26(33)14-20/h6-7,12-15,18,23H,4-5,8-11,16-17H2,1-3H3,(H,35,41)(H,36,42)(H,38,39). The van der Waals surface area contributed by atoms with Crippen molar-refractivity contribution in [1.29, 1.82) is 0 Å². The highest BCUT2D eigenvalue weighted by Crippen LogP contribution is 2.31. The van der Waals surface area contributed by atoms with E-state index in [-0.39, 0.29) is 36.4 Å². The van der Waals surface area contributed by atoms with E-state index in [1.807, 2.05) is 24.7 Å². The van der Waals surface area contributed by atoms with Gasteiger partial charge in [0.25, 0.3) is 11.8 Å². The molecule has 11 heteroatoms. The summed E-state index contributed by atoms with van der Waals surface area (Å²) in [6.07, 6.45) is 4.31. The summed E-state index contributed by atoms with van der Waals surface area (Å²) in [6.45, 7) is 8.46. The first-order valence-corrected chi connectivity index (χ1v) is 14.7. The molecule has 1 saturated heterocycles. The molecule has 0 unspecified atom stereocenters. The van der Waals surface area contributed by atoms with Gasteiger partial charge in [0.2, 0.25) is 0 Å². The Kier molecular flexibility index (Phi) is 9.40. The molecule has 1 aliphatic rings. The number of ether oxygens (including phenoxy) is 1. The van der Waals surface area contributed by atoms with Crippen LogP contribution < -0.4 is 21.4 Å². The van der Waals surface area contributed by atoms with Crippen LogP contribution >= 0.6 is 0 Å². The zero-order valence-corrected chi connectivity index (χ0v) is 24.8. The zero-order valence-electron chi connectivity index (χ0n) is 24.8. The number of hydrogen-bond acceptors (Lipinski definition) is 6. The van der Waals surface area contributed by atoms with Gasteiger partial charge in [-0.25, -0.2) is 14.1 Å². The number of carbonyl (C=O) groups excluding carboxylic acids is 2. The van der Waals surface area contributed by atoms with Gasteiger partial charge >= 0.3 is 0 Å². The third-order valence-electron chi connectivity index (χ3n) is 7.72. The SMILES string of the molecule is [B]c1cc(CNC(=O)c2cc(C)cc(C(=O)NCc3c(CC)nc4c(cnn4CC)c3NC3CCOCC3)c2)ccc1F. The van der Waals surface area contributed by atoms with Gasteiger partial charge in [0.05, 0.1) is 17.3 Å². The van der Waals surface area contributed by atoms with Crippen molar-refractivity contribution in [2.75, 3.05) is 18.5 Å². The number of anilines is 1. The molecule has 9 nitrogen and oxygen atoms in total. The average molecular weight is 582 g/mol. The van der Waals surface area contributed by atoms with Gasteiger partial charge in [-0.2, -0.15) is 5.10 Å². The number of hydrogen-bond donors (Lipinski definition) is 3. The zero-order chi connectivity index (χ0) is 30.5. The molecule has 0 bridgehead atoms. The third-order valence-corrected chi connectivity index (χ3v) is 7.72. The van der Waals surface area contributed by atoms with Crippen molar-refractivity contribution in [2.45, 2.75) is 65.7 Å². The van der Waals surface area contributed by atoms with Crippen LogP contribution in [-0.4, -0.2) is 53.7 Å². The number of nitrogens with zero attached hydrogens (tertiary/aromatic N) is 3. The fourth-order valence-corrected chi connectivity index (χ4v) is 5.40. The summed E-state index contributed by atoms with van der Waals surface area (Å²) in [6, 6.07) is 9.61. The van der Waals surface area contributed by atoms with Crippen LogP contribution in [0.1, 0.15) is 69.8 Å². The lowest BCUT2D eigenvalue weighted by Gasteiger charge is -2.26. The van der Waals surface area contributed by atoms with E-state index in [1.54, 1.807) is 24.3 Å². The van der Waals surface area contributed by atoms with Crippen LogP contribution in [0.4, 0.5) is 10.1 Å². The second-order valence-electron chi connectivity index (χ2n) is 10.8. The molecule has 3 heterocycles. The first kappa shape index (κ1) is 30.2. The van der Waals surface area contributed by atoms with E-state index in [2.05, 4.69) is 28.0 Å². The molecule has 4 aromatic rings. The number of nitrogens with one attached hydrogen (secondary N) is 3. The van der Waals surface area contributed by atoms with Crippen molar-refractivity contribution in [3.8, 4) is 0 Å². The topological polar surface area (TPSA) is 110 Å². The van der Waals surface area contributed by atoms with Crippen molar-refractivity contribution >= 4 is 41.8 Å². The minimum atomic E-state index is -0.506. The third kappa shape index (κ3) is 6.88. The predicted octanol–water partition coefficient (Wildman–Crippen LogP) is 3.71. The molecule has 2 radical (unpaired) electrons. The van der Waals surface area contributed by atoms with Gasteiger partial charge in [0.1, 0.15) is 13.7 Å². The Hall–Kier alpha value is -4.25. The molecule has 0 spiro atoms. The first-order chi connectivity index (χ1) is 20.8. The molecule has 0 aliphatic carbocycles. The Labute approximate surface area is 252 Å². The molecule has 3 N–H and O–H groups in total. The quantitative estimate of drug-likeness (QED) is 0.246. The van der Waals surface area contributed by atoms with Crippen LogP contribution in [0.3, 0.4) is 0 Å². The largest absolute Gasteiger partial charge is 0.381 e. The summed E-state index contributed by atoms with van der Waals surface area (Å²) in [5, 5.41) is 15.1. The monoisotopic (exact) mass is 582 g/mol. The van der Waals surface area contributed by atoms with Gasteiger partial charge in [-0.15, -0.1) is 0 Å². The number of pyridine rings is 1. The van der Waals surface area contributed by atoms with E-state index in [4.69, 9.17) is 17.6 Å². The Balaban J connectivity index is 1.36. The molecule has 222 valence electrons. The van der Waals surface area contributed by atoms with Gasteiger partial charge in [0, 0.05) is 61.3 Å². The van der Waals surface area contributed by atoms with E-state index in [1.165, 1.54) is 12.1 Å². The number of halogens is 1. The van der Waals surface area contributed by atoms with Crippen molar-refractivity contribution in [1.82, 2.24) is 25.4 Å². The highest BCUT2D eigenvalue weighted by atomic mass is 19.1. The minimum absolute atomic E-state index is 0.0205. The summed E-state index contributed by atoms with van der Waals surface area (Å²) in [5.74, 6) is -1.15. The fraction of sp³-hybridized carbons (Fsp3) is 0.375. The van der Waals surface area contributed by atoms with Gasteiger partial charge in [-0.05, 0) is 68.5 Å². The van der Waals surface area contributed by atoms with E-state index >= 15 is 0 Å². The Morgan fingerprint density at radius 3 is 2.40 bits per heavy atom. The molecule has 0 saturated carbocycles. The van der Waals surface area contributed by atoms with Crippen LogP contribution in [0.25, 0.3) is 11.0 Å². The summed E-state index contributed by atoms with van der Waals surface area (Å²) in [7, 11) is 5.64. The lowest BCUT2D eigenvalue weighted by molar-refractivity contribution is 0.0904. The summed E-state index contributed by atoms with van der Waals surface area (Å²) in [4.78, 5) is 31.3. The van der Waals surface area contributed by atoms with Crippen LogP contribution in [0.5, 0.6) is 0 Å². The number of benzene rings is 2. The van der Waals surface area contributed by atoms with Crippen molar-refractivity contribution in [3.05, 3.63) is 81.9 Å². The highest BCUT2D eigenvalue weighted by Gasteiger charge is 2.22. The Bertz CT molecular complexity index is 1650. The van der Waals surface area contributed by atoms with Crippen molar-refractivity contribution in [3.63, 3.8) is 0 Å². The molecule has 1 aliphatic heterocycles. The minimum Gasteiger partial charge on any atom is -0.381 e. The molecular formula is C32H36BFN6O3. The second kappa shape index (κ2) is 13.4. The van der Waals surface area contributed by atoms with Crippen molar-refractivity contribution < 1.29 is 18.7 Å². The molecule has 43 heavy (non-hydrogen) atoms. The van der Waals surface area contributed by atoms with Crippen molar-refractivity contribution in [2.24, 2.45) is 0 Å². The van der Waals surface area contributed by atoms with Crippen LogP contribution in [0.15, 0.2) is 42.6 Å². The number of carbonyl (C=O) groups is 2. The molecule has 1 fully saturated rings. The van der Waals surface area contributed by atoms with Gasteiger partial charge in [-0.1, -0.05) is 24.5 Å². The van der Waals surface area contributed by atoms with Crippen LogP contribution in [0, 0.1) is 12.7 Å². The normalized spacial score (nSPS) is 13.7. The van der Waals surface area contributed by atoms with Gasteiger partial charge < -0.3 is 20.7 Å². The lowest BCUT2D eigenvalue weighted by Crippen LogP contribution is -2.30. The Morgan fingerprint density at radius 1 is 1.05 bits per heavy atom. The molecular weight excluding hydrogens is 546 g/mol. The lowest BCUT2D eigenvalue weighted by atomic mass is 9.93. The van der Waals surface area contributed by atoms with Crippen LogP contribution in [0.2, 0.25) is 0 Å². The van der Waals surface area contributed by atoms with Crippen LogP contribution in [-0.2, 0) is 30.8 Å². The number of rotatable bonds is 10. The maximum atomic E-state index is 13.5. The van der Waals surface area contributed by atoms with Gasteiger partial charge in [-0.3, -0.25) is 9.59 Å². The molecule has 5 rings (SSSR count). The first-order valence-electron chi connectivity index (χ1n) is 14.7. The smallest absolute Gasteiger partial charge is 0.251 e. The number of fused-ring (bicyclic) bond motifs is 1. The van der Waals surface area contributed by atoms with E-state index in [0.717, 1.165) is 46.4 Å². The maximum absolute atomic E-state index is 13.5. The summed E-state index contributed by atoms with van der Waals surface area (Å²) >= 11 is 0. The second-order valence-corrected chi connectivity index (χ2v) is 10.8. The average Bonchev–Trinajstić information content (AvgIpc) is 3.43. The summed E-state index contributed by atoms with van der Waals surface area (Å²) < 4.78 is 20.9. The highest BCUT2D eigenvalue weighted by molar-refractivity contribution is 6.32. The Morgan fingerprint density at radius 2 is 1.74 bits per heavy atom. The number of aromatic nitrogens is 3. The fourth-order valence-electron chi connectivity index (χ4n) is 5.40. The van der Waals surface area contributed by atoms with E-state index < -0.39 is 5.82 Å². The molecule has 0 atom stereocenters. The van der Waals surface area contributed by atoms with E-state index in [0.29, 0.717) is 42.9 Å². The molecule has 2 aromatic carbocycles. The van der Waals surface area contributed by atoms with E-state index in [9.17, 15) is 14.0 Å². The maximum Gasteiger partial charge on any atom is 0.251 e. The predicted molar refractivity (Wildman–Crippen MR) is 165 cm³/mol. The van der Waals surface area contributed by atoms with Gasteiger partial charge in [0.15, 0.2) is 5.65 Å². The number of amides is 2. The summed E-state index contributed by atoms with van der Waals surface area (Å²) in [5.41, 5.74) is 5.78. The molecule has 2 amide bonds. The number of aryl methyl sites for hydroxylation is 3. The molecule has 2 aromatic heterocycles.